The van der Waals surface area contributed by atoms with Crippen molar-refractivity contribution in [2.24, 2.45) is 0 Å². The second-order valence-corrected chi connectivity index (χ2v) is 4.63. The Kier molecular flexibility index (Phi) is 3.36. The number of nitrogens with two attached hydrogens (primary N) is 1. The third-order valence-corrected chi connectivity index (χ3v) is 3.68. The number of benzene rings is 2. The predicted octanol–water partition coefficient (Wildman–Crippen LogP) is -0.969. The fourth-order valence-electron chi connectivity index (χ4n) is 2.69. The molecule has 2 aromatic rings. The zero-order chi connectivity index (χ0) is 11.0. The van der Waals surface area contributed by atoms with E-state index < -0.39 is 0 Å². The molecular formula is C15H16BrN. The van der Waals surface area contributed by atoms with Gasteiger partial charge in [0.25, 0.3) is 0 Å². The normalized spacial score (nSPS) is 21.7. The summed E-state index contributed by atoms with van der Waals surface area (Å²) in [5.74, 6) is 0. The van der Waals surface area contributed by atoms with Crippen molar-refractivity contribution in [1.82, 2.24) is 0 Å². The first kappa shape index (κ1) is 12.3. The minimum atomic E-state index is 0. The van der Waals surface area contributed by atoms with E-state index in [1.54, 1.807) is 0 Å². The number of rotatable bonds is 1. The number of fused-ring (bicyclic) bond motifs is 1. The van der Waals surface area contributed by atoms with E-state index in [9.17, 15) is 0 Å². The summed E-state index contributed by atoms with van der Waals surface area (Å²) in [7, 11) is 0. The Morgan fingerprint density at radius 3 is 2.35 bits per heavy atom. The molecule has 2 aromatic carbocycles. The quantitative estimate of drug-likeness (QED) is 0.696. The molecule has 2 heteroatoms. The van der Waals surface area contributed by atoms with Crippen LogP contribution < -0.4 is 22.3 Å². The third-order valence-electron chi connectivity index (χ3n) is 3.68. The van der Waals surface area contributed by atoms with Crippen molar-refractivity contribution < 1.29 is 22.3 Å². The van der Waals surface area contributed by atoms with E-state index in [4.69, 9.17) is 0 Å². The monoisotopic (exact) mass is 289 g/mol. The van der Waals surface area contributed by atoms with Gasteiger partial charge in [0.15, 0.2) is 0 Å². The fourth-order valence-corrected chi connectivity index (χ4v) is 2.69. The van der Waals surface area contributed by atoms with Gasteiger partial charge in [0.05, 0.1) is 0 Å². The molecule has 88 valence electrons. The highest BCUT2D eigenvalue weighted by molar-refractivity contribution is 5.41. The molecule has 0 saturated heterocycles. The van der Waals surface area contributed by atoms with Gasteiger partial charge in [0.1, 0.15) is 12.1 Å². The minimum absolute atomic E-state index is 0. The average Bonchev–Trinajstić information content (AvgIpc) is 2.71. The van der Waals surface area contributed by atoms with Crippen LogP contribution in [0.1, 0.15) is 23.6 Å². The van der Waals surface area contributed by atoms with Crippen molar-refractivity contribution in [1.29, 1.82) is 0 Å². The summed E-state index contributed by atoms with van der Waals surface area (Å²) in [5.41, 5.74) is 4.41. The lowest BCUT2D eigenvalue weighted by atomic mass is 9.85. The molecule has 3 rings (SSSR count). The number of hydrogen-bond acceptors (Lipinski definition) is 0. The van der Waals surface area contributed by atoms with Gasteiger partial charge in [-0.1, -0.05) is 54.6 Å². The van der Waals surface area contributed by atoms with Crippen molar-refractivity contribution in [3.63, 3.8) is 0 Å². The zero-order valence-electron chi connectivity index (χ0n) is 9.86. The summed E-state index contributed by atoms with van der Waals surface area (Å²) in [6.07, 6.45) is 0. The number of halogens is 1. The summed E-state index contributed by atoms with van der Waals surface area (Å²) in [6, 6.07) is 19.5. The first-order valence-corrected chi connectivity index (χ1v) is 5.79. The van der Waals surface area contributed by atoms with Crippen LogP contribution in [0.4, 0.5) is 0 Å². The average molecular weight is 290 g/mol. The summed E-state index contributed by atoms with van der Waals surface area (Å²) in [6.45, 7) is 3.40. The van der Waals surface area contributed by atoms with Crippen LogP contribution in [0.15, 0.2) is 54.6 Å². The van der Waals surface area contributed by atoms with E-state index in [0.717, 1.165) is 6.54 Å². The molecule has 0 aromatic heterocycles. The highest BCUT2D eigenvalue weighted by Gasteiger charge is 2.39. The minimum Gasteiger partial charge on any atom is -1.00 e. The molecule has 2 N–H and O–H groups in total. The van der Waals surface area contributed by atoms with Crippen LogP contribution in [-0.4, -0.2) is 0 Å². The van der Waals surface area contributed by atoms with Gasteiger partial charge in [0, 0.05) is 16.7 Å². The Hall–Kier alpha value is -1.12. The van der Waals surface area contributed by atoms with Crippen LogP contribution in [-0.2, 0) is 12.1 Å². The van der Waals surface area contributed by atoms with Gasteiger partial charge in [-0.05, 0) is 6.92 Å². The highest BCUT2D eigenvalue weighted by Crippen LogP contribution is 2.31. The molecule has 17 heavy (non-hydrogen) atoms. The topological polar surface area (TPSA) is 16.6 Å². The largest absolute Gasteiger partial charge is 1.00 e. The van der Waals surface area contributed by atoms with Crippen LogP contribution in [0.2, 0.25) is 0 Å². The van der Waals surface area contributed by atoms with Crippen LogP contribution in [0.5, 0.6) is 0 Å². The zero-order valence-corrected chi connectivity index (χ0v) is 11.4. The number of quaternary nitrogens is 1. The van der Waals surface area contributed by atoms with Crippen LogP contribution in [0.25, 0.3) is 0 Å². The molecular weight excluding hydrogens is 274 g/mol. The van der Waals surface area contributed by atoms with Crippen molar-refractivity contribution >= 4 is 0 Å². The van der Waals surface area contributed by atoms with Gasteiger partial charge in [-0.2, -0.15) is 0 Å². The summed E-state index contributed by atoms with van der Waals surface area (Å²) < 4.78 is 0. The van der Waals surface area contributed by atoms with Crippen LogP contribution in [0.3, 0.4) is 0 Å². The molecule has 0 radical (unpaired) electrons. The van der Waals surface area contributed by atoms with Gasteiger partial charge >= 0.3 is 0 Å². The molecule has 1 nitrogen and oxygen atoms in total. The van der Waals surface area contributed by atoms with E-state index in [0.29, 0.717) is 0 Å². The molecule has 0 aliphatic carbocycles. The smallest absolute Gasteiger partial charge is 0.145 e. The molecule has 0 amide bonds. The predicted molar refractivity (Wildman–Crippen MR) is 65.0 cm³/mol. The van der Waals surface area contributed by atoms with Crippen LogP contribution >= 0.6 is 0 Å². The maximum Gasteiger partial charge on any atom is 0.145 e. The maximum atomic E-state index is 2.42. The Labute approximate surface area is 113 Å². The molecule has 0 spiro atoms. The first-order valence-electron chi connectivity index (χ1n) is 5.79. The van der Waals surface area contributed by atoms with Crippen molar-refractivity contribution in [3.05, 3.63) is 71.3 Å². The van der Waals surface area contributed by atoms with Gasteiger partial charge in [-0.15, -0.1) is 0 Å². The van der Waals surface area contributed by atoms with E-state index in [1.807, 2.05) is 0 Å². The Morgan fingerprint density at radius 1 is 0.941 bits per heavy atom. The SMILES string of the molecule is CC1(c2ccccc2)[NH2+]Cc2ccccc21.[Br-]. The Bertz CT molecular complexity index is 509. The third kappa shape index (κ3) is 1.92. The van der Waals surface area contributed by atoms with Gasteiger partial charge < -0.3 is 22.3 Å². The molecule has 0 bridgehead atoms. The lowest BCUT2D eigenvalue weighted by Gasteiger charge is -2.22. The summed E-state index contributed by atoms with van der Waals surface area (Å²) >= 11 is 0. The van der Waals surface area contributed by atoms with Gasteiger partial charge in [0.2, 0.25) is 0 Å². The molecule has 1 unspecified atom stereocenters. The fraction of sp³-hybridized carbons (Fsp3) is 0.200. The first-order chi connectivity index (χ1) is 7.81. The molecule has 1 atom stereocenters. The Balaban J connectivity index is 0.00000108. The molecule has 1 aliphatic rings. The van der Waals surface area contributed by atoms with Crippen molar-refractivity contribution in [2.45, 2.75) is 19.0 Å². The molecule has 1 heterocycles. The van der Waals surface area contributed by atoms with E-state index >= 15 is 0 Å². The van der Waals surface area contributed by atoms with Crippen molar-refractivity contribution in [2.75, 3.05) is 0 Å². The molecule has 0 saturated carbocycles. The van der Waals surface area contributed by atoms with E-state index in [1.165, 1.54) is 16.7 Å². The van der Waals surface area contributed by atoms with Gasteiger partial charge in [-0.25, -0.2) is 0 Å². The standard InChI is InChI=1S/C15H15N.BrH/c1-15(13-8-3-2-4-9-13)14-10-6-5-7-12(14)11-16-15;/h2-10,16H,11H2,1H3;1H. The Morgan fingerprint density at radius 2 is 1.59 bits per heavy atom. The lowest BCUT2D eigenvalue weighted by molar-refractivity contribution is -0.727. The lowest BCUT2D eigenvalue weighted by Crippen LogP contribution is -3.00. The maximum absolute atomic E-state index is 2.42. The molecule has 1 aliphatic heterocycles. The van der Waals surface area contributed by atoms with Gasteiger partial charge in [-0.3, -0.25) is 0 Å². The van der Waals surface area contributed by atoms with E-state index in [2.05, 4.69) is 66.8 Å². The van der Waals surface area contributed by atoms with Crippen molar-refractivity contribution in [3.8, 4) is 0 Å². The summed E-state index contributed by atoms with van der Waals surface area (Å²) in [4.78, 5) is 0. The van der Waals surface area contributed by atoms with Crippen LogP contribution in [0, 0.1) is 0 Å². The highest BCUT2D eigenvalue weighted by atomic mass is 79.9. The molecule has 0 fully saturated rings. The second-order valence-electron chi connectivity index (χ2n) is 4.63. The number of hydrogen-bond donors (Lipinski definition) is 1. The second kappa shape index (κ2) is 4.63. The van der Waals surface area contributed by atoms with E-state index in [-0.39, 0.29) is 22.5 Å². The summed E-state index contributed by atoms with van der Waals surface area (Å²) in [5, 5.41) is 2.42.